The van der Waals surface area contributed by atoms with Gasteiger partial charge in [0.1, 0.15) is 6.61 Å². The summed E-state index contributed by atoms with van der Waals surface area (Å²) in [5.74, 6) is -0.263. The lowest BCUT2D eigenvalue weighted by atomic mass is 10.6. The van der Waals surface area contributed by atoms with E-state index in [1.165, 1.54) is 6.92 Å². The fraction of sp³-hybridized carbons (Fsp3) is 0.429. The molecule has 0 aliphatic heterocycles. The summed E-state index contributed by atoms with van der Waals surface area (Å²) in [6, 6.07) is 0. The second-order valence-electron chi connectivity index (χ2n) is 2.26. The molecule has 0 atom stereocenters. The van der Waals surface area contributed by atoms with E-state index < -0.39 is 0 Å². The fourth-order valence-electron chi connectivity index (χ4n) is 0.744. The van der Waals surface area contributed by atoms with Gasteiger partial charge in [0.05, 0.1) is 17.2 Å². The molecule has 1 rings (SSSR count). The van der Waals surface area contributed by atoms with Crippen molar-refractivity contribution >= 4 is 21.9 Å². The third-order valence-corrected chi connectivity index (χ3v) is 1.64. The highest BCUT2D eigenvalue weighted by molar-refractivity contribution is 9.10. The summed E-state index contributed by atoms with van der Waals surface area (Å²) < 4.78 is 7.36. The lowest BCUT2D eigenvalue weighted by Crippen LogP contribution is -2.08. The summed E-state index contributed by atoms with van der Waals surface area (Å²) in [7, 11) is 0. The third kappa shape index (κ3) is 3.04. The van der Waals surface area contributed by atoms with Crippen molar-refractivity contribution in [1.82, 2.24) is 9.78 Å². The van der Waals surface area contributed by atoms with E-state index in [4.69, 9.17) is 4.74 Å². The molecule has 4 nitrogen and oxygen atoms in total. The summed E-state index contributed by atoms with van der Waals surface area (Å²) in [5.41, 5.74) is 0. The van der Waals surface area contributed by atoms with Crippen molar-refractivity contribution in [1.29, 1.82) is 0 Å². The van der Waals surface area contributed by atoms with Crippen LogP contribution in [0.5, 0.6) is 0 Å². The molecule has 1 heterocycles. The molecule has 0 N–H and O–H groups in total. The maximum absolute atomic E-state index is 10.4. The van der Waals surface area contributed by atoms with Gasteiger partial charge in [0, 0.05) is 13.1 Å². The largest absolute Gasteiger partial charge is 0.464 e. The molecule has 0 spiro atoms. The van der Waals surface area contributed by atoms with E-state index in [2.05, 4.69) is 21.0 Å². The highest BCUT2D eigenvalue weighted by atomic mass is 79.9. The minimum atomic E-state index is -0.263. The Bertz CT molecular complexity index is 272. The Balaban J connectivity index is 2.29. The van der Waals surface area contributed by atoms with Gasteiger partial charge in [-0.1, -0.05) is 0 Å². The van der Waals surface area contributed by atoms with Crippen molar-refractivity contribution in [3.05, 3.63) is 16.9 Å². The zero-order chi connectivity index (χ0) is 8.97. The van der Waals surface area contributed by atoms with Crippen LogP contribution in [0.1, 0.15) is 6.92 Å². The number of ether oxygens (including phenoxy) is 1. The number of hydrogen-bond acceptors (Lipinski definition) is 3. The Labute approximate surface area is 78.6 Å². The van der Waals surface area contributed by atoms with Crippen molar-refractivity contribution in [2.24, 2.45) is 0 Å². The van der Waals surface area contributed by atoms with Gasteiger partial charge < -0.3 is 4.74 Å². The number of aromatic nitrogens is 2. The topological polar surface area (TPSA) is 44.1 Å². The molecule has 1 aromatic heterocycles. The van der Waals surface area contributed by atoms with Gasteiger partial charge in [0.15, 0.2) is 0 Å². The third-order valence-electron chi connectivity index (χ3n) is 1.23. The van der Waals surface area contributed by atoms with Crippen molar-refractivity contribution in [2.75, 3.05) is 6.61 Å². The van der Waals surface area contributed by atoms with Crippen LogP contribution in [0.2, 0.25) is 0 Å². The summed E-state index contributed by atoms with van der Waals surface area (Å²) >= 11 is 3.26. The van der Waals surface area contributed by atoms with Crippen LogP contribution in [0.15, 0.2) is 16.9 Å². The second kappa shape index (κ2) is 4.25. The van der Waals surface area contributed by atoms with Crippen LogP contribution in [0.25, 0.3) is 0 Å². The Hall–Kier alpha value is -0.840. The van der Waals surface area contributed by atoms with E-state index >= 15 is 0 Å². The van der Waals surface area contributed by atoms with Crippen LogP contribution < -0.4 is 0 Å². The van der Waals surface area contributed by atoms with E-state index in [0.29, 0.717) is 13.2 Å². The first kappa shape index (κ1) is 9.25. The molecule has 66 valence electrons. The maximum Gasteiger partial charge on any atom is 0.302 e. The molecule has 0 aliphatic carbocycles. The highest BCUT2D eigenvalue weighted by Crippen LogP contribution is 2.05. The summed E-state index contributed by atoms with van der Waals surface area (Å²) in [6.45, 7) is 2.34. The van der Waals surface area contributed by atoms with Crippen LogP contribution in [-0.2, 0) is 16.1 Å². The monoisotopic (exact) mass is 232 g/mol. The van der Waals surface area contributed by atoms with Crippen LogP contribution in [0.4, 0.5) is 0 Å². The molecule has 0 unspecified atom stereocenters. The van der Waals surface area contributed by atoms with Crippen molar-refractivity contribution in [2.45, 2.75) is 13.5 Å². The van der Waals surface area contributed by atoms with Gasteiger partial charge in [0.2, 0.25) is 0 Å². The first-order valence-electron chi connectivity index (χ1n) is 3.50. The summed E-state index contributed by atoms with van der Waals surface area (Å²) in [5, 5.41) is 3.99. The lowest BCUT2D eigenvalue weighted by Gasteiger charge is -2.00. The second-order valence-corrected chi connectivity index (χ2v) is 3.18. The average molecular weight is 233 g/mol. The van der Waals surface area contributed by atoms with Gasteiger partial charge in [-0.05, 0) is 15.9 Å². The first-order valence-corrected chi connectivity index (χ1v) is 4.29. The molecule has 12 heavy (non-hydrogen) atoms. The molecule has 0 saturated carbocycles. The number of rotatable bonds is 3. The molecule has 0 aromatic carbocycles. The van der Waals surface area contributed by atoms with Gasteiger partial charge in [-0.2, -0.15) is 5.10 Å². The molecule has 0 aliphatic rings. The van der Waals surface area contributed by atoms with Gasteiger partial charge in [-0.25, -0.2) is 0 Å². The fourth-order valence-corrected chi connectivity index (χ4v) is 1.07. The number of halogens is 1. The Kier molecular flexibility index (Phi) is 3.28. The predicted molar refractivity (Wildman–Crippen MR) is 46.6 cm³/mol. The highest BCUT2D eigenvalue weighted by Gasteiger charge is 1.96. The van der Waals surface area contributed by atoms with Crippen LogP contribution >= 0.6 is 15.9 Å². The molecule has 0 bridgehead atoms. The molecular formula is C7H9BrN2O2. The molecule has 0 radical (unpaired) electrons. The number of carbonyl (C=O) groups is 1. The predicted octanol–water partition coefficient (Wildman–Crippen LogP) is 1.21. The molecule has 0 saturated heterocycles. The van der Waals surface area contributed by atoms with E-state index in [1.807, 2.05) is 6.20 Å². The normalized spacial score (nSPS) is 9.83. The number of esters is 1. The quantitative estimate of drug-likeness (QED) is 0.737. The zero-order valence-corrected chi connectivity index (χ0v) is 8.24. The van der Waals surface area contributed by atoms with Crippen LogP contribution in [0, 0.1) is 0 Å². The standard InChI is InChI=1S/C7H9BrN2O2/c1-6(11)12-3-2-10-5-7(8)4-9-10/h4-5H,2-3H2,1H3. The molecular weight excluding hydrogens is 224 g/mol. The molecule has 1 aromatic rings. The van der Waals surface area contributed by atoms with E-state index in [-0.39, 0.29) is 5.97 Å². The Morgan fingerprint density at radius 1 is 1.83 bits per heavy atom. The number of hydrogen-bond donors (Lipinski definition) is 0. The minimum Gasteiger partial charge on any atom is -0.464 e. The van der Waals surface area contributed by atoms with Gasteiger partial charge in [-0.3, -0.25) is 9.48 Å². The van der Waals surface area contributed by atoms with Crippen LogP contribution in [0.3, 0.4) is 0 Å². The van der Waals surface area contributed by atoms with Gasteiger partial charge >= 0.3 is 5.97 Å². The number of nitrogens with zero attached hydrogens (tertiary/aromatic N) is 2. The zero-order valence-electron chi connectivity index (χ0n) is 6.66. The first-order chi connectivity index (χ1) is 5.68. The summed E-state index contributed by atoms with van der Waals surface area (Å²) in [4.78, 5) is 10.4. The van der Waals surface area contributed by atoms with E-state index in [1.54, 1.807) is 10.9 Å². The van der Waals surface area contributed by atoms with Crippen molar-refractivity contribution in [3.63, 3.8) is 0 Å². The summed E-state index contributed by atoms with van der Waals surface area (Å²) in [6.07, 6.45) is 3.51. The smallest absolute Gasteiger partial charge is 0.302 e. The maximum atomic E-state index is 10.4. The SMILES string of the molecule is CC(=O)OCCn1cc(Br)cn1. The Morgan fingerprint density at radius 3 is 3.08 bits per heavy atom. The van der Waals surface area contributed by atoms with Crippen LogP contribution in [-0.4, -0.2) is 22.4 Å². The van der Waals surface area contributed by atoms with Gasteiger partial charge in [-0.15, -0.1) is 0 Å². The molecule has 5 heteroatoms. The molecule has 0 fully saturated rings. The van der Waals surface area contributed by atoms with E-state index in [9.17, 15) is 4.79 Å². The Morgan fingerprint density at radius 2 is 2.58 bits per heavy atom. The average Bonchev–Trinajstić information content (AvgIpc) is 2.35. The lowest BCUT2D eigenvalue weighted by molar-refractivity contribution is -0.141. The van der Waals surface area contributed by atoms with Crippen molar-refractivity contribution < 1.29 is 9.53 Å². The minimum absolute atomic E-state index is 0.263. The molecule has 0 amide bonds. The van der Waals surface area contributed by atoms with Gasteiger partial charge in [0.25, 0.3) is 0 Å². The number of carbonyl (C=O) groups excluding carboxylic acids is 1. The van der Waals surface area contributed by atoms with E-state index in [0.717, 1.165) is 4.47 Å². The van der Waals surface area contributed by atoms with Crippen molar-refractivity contribution in [3.8, 4) is 0 Å².